The van der Waals surface area contributed by atoms with Gasteiger partial charge in [0.1, 0.15) is 5.75 Å². The van der Waals surface area contributed by atoms with E-state index in [1.165, 1.54) is 0 Å². The summed E-state index contributed by atoms with van der Waals surface area (Å²) < 4.78 is 6.12. The molecule has 0 aromatic heterocycles. The zero-order valence-electron chi connectivity index (χ0n) is 11.3. The van der Waals surface area contributed by atoms with Crippen LogP contribution < -0.4 is 4.74 Å². The van der Waals surface area contributed by atoms with Gasteiger partial charge in [0.15, 0.2) is 0 Å². The van der Waals surface area contributed by atoms with Gasteiger partial charge in [-0.3, -0.25) is 4.79 Å². The van der Waals surface area contributed by atoms with Gasteiger partial charge in [0.05, 0.1) is 17.0 Å². The number of benzene rings is 1. The molecular formula is C15H19BrO3. The molecule has 1 aromatic carbocycles. The van der Waals surface area contributed by atoms with Gasteiger partial charge in [0, 0.05) is 0 Å². The predicted molar refractivity (Wildman–Crippen MR) is 77.8 cm³/mol. The molecule has 0 aliphatic heterocycles. The summed E-state index contributed by atoms with van der Waals surface area (Å²) in [6.07, 6.45) is 4.46. The van der Waals surface area contributed by atoms with E-state index < -0.39 is 11.4 Å². The lowest BCUT2D eigenvalue weighted by molar-refractivity contribution is -0.145. The van der Waals surface area contributed by atoms with Crippen molar-refractivity contribution in [3.8, 4) is 5.75 Å². The van der Waals surface area contributed by atoms with E-state index in [0.29, 0.717) is 18.6 Å². The lowest BCUT2D eigenvalue weighted by Crippen LogP contribution is -2.38. The van der Waals surface area contributed by atoms with Crippen LogP contribution in [0.15, 0.2) is 16.6 Å². The molecule has 0 bridgehead atoms. The Kier molecular flexibility index (Phi) is 4.19. The minimum Gasteiger partial charge on any atom is -0.496 e. The number of carbonyl (C=O) groups is 1. The lowest BCUT2D eigenvalue weighted by atomic mass is 9.69. The van der Waals surface area contributed by atoms with E-state index in [4.69, 9.17) is 4.74 Å². The number of aryl methyl sites for hydroxylation is 1. The maximum atomic E-state index is 11.9. The van der Waals surface area contributed by atoms with Gasteiger partial charge in [0.25, 0.3) is 0 Å². The lowest BCUT2D eigenvalue weighted by Gasteiger charge is -2.35. The molecule has 0 saturated heterocycles. The van der Waals surface area contributed by atoms with Gasteiger partial charge >= 0.3 is 5.97 Å². The van der Waals surface area contributed by atoms with Gasteiger partial charge in [-0.2, -0.15) is 0 Å². The first-order chi connectivity index (χ1) is 9.01. The molecule has 0 heterocycles. The van der Waals surface area contributed by atoms with Crippen molar-refractivity contribution in [1.29, 1.82) is 0 Å². The standard InChI is InChI=1S/C15H19BrO3/c1-10-8-11(13(16)12(9-10)19-2)15(14(17)18)6-4-3-5-7-15/h8-9H,3-7H2,1-2H3,(H,17,18). The summed E-state index contributed by atoms with van der Waals surface area (Å²) >= 11 is 3.53. The SMILES string of the molecule is COc1cc(C)cc(C2(C(=O)O)CCCCC2)c1Br. The van der Waals surface area contributed by atoms with Crippen molar-refractivity contribution in [3.05, 3.63) is 27.7 Å². The van der Waals surface area contributed by atoms with Crippen LogP contribution in [-0.2, 0) is 10.2 Å². The van der Waals surface area contributed by atoms with Crippen LogP contribution in [0.2, 0.25) is 0 Å². The third kappa shape index (κ3) is 2.50. The minimum absolute atomic E-state index is 0.702. The highest BCUT2D eigenvalue weighted by Crippen LogP contribution is 2.45. The van der Waals surface area contributed by atoms with E-state index in [1.807, 2.05) is 19.1 Å². The molecule has 2 rings (SSSR count). The second-order valence-corrected chi connectivity index (χ2v) is 6.07. The molecule has 1 fully saturated rings. The molecule has 0 radical (unpaired) electrons. The van der Waals surface area contributed by atoms with Crippen LogP contribution in [-0.4, -0.2) is 18.2 Å². The molecular weight excluding hydrogens is 308 g/mol. The first-order valence-corrected chi connectivity index (χ1v) is 7.38. The molecule has 1 aromatic rings. The fourth-order valence-electron chi connectivity index (χ4n) is 2.99. The highest BCUT2D eigenvalue weighted by atomic mass is 79.9. The monoisotopic (exact) mass is 326 g/mol. The molecule has 0 unspecified atom stereocenters. The van der Waals surface area contributed by atoms with Gasteiger partial charge in [-0.1, -0.05) is 25.3 Å². The zero-order chi connectivity index (χ0) is 14.0. The second-order valence-electron chi connectivity index (χ2n) is 5.28. The summed E-state index contributed by atoms with van der Waals surface area (Å²) in [6, 6.07) is 3.90. The van der Waals surface area contributed by atoms with Crippen molar-refractivity contribution in [2.45, 2.75) is 44.4 Å². The summed E-state index contributed by atoms with van der Waals surface area (Å²) in [7, 11) is 1.61. The third-order valence-corrected chi connectivity index (χ3v) is 4.85. The van der Waals surface area contributed by atoms with E-state index in [1.54, 1.807) is 7.11 Å². The van der Waals surface area contributed by atoms with E-state index >= 15 is 0 Å². The van der Waals surface area contributed by atoms with Crippen molar-refractivity contribution in [2.75, 3.05) is 7.11 Å². The molecule has 1 aliphatic carbocycles. The van der Waals surface area contributed by atoms with Crippen LogP contribution in [0.25, 0.3) is 0 Å². The number of methoxy groups -OCH3 is 1. The maximum Gasteiger partial charge on any atom is 0.314 e. The van der Waals surface area contributed by atoms with Crippen LogP contribution in [0.3, 0.4) is 0 Å². The van der Waals surface area contributed by atoms with Crippen molar-refractivity contribution in [1.82, 2.24) is 0 Å². The van der Waals surface area contributed by atoms with Crippen molar-refractivity contribution in [3.63, 3.8) is 0 Å². The predicted octanol–water partition coefficient (Wildman–Crippen LogP) is 4.05. The van der Waals surface area contributed by atoms with Crippen LogP contribution in [0.5, 0.6) is 5.75 Å². The molecule has 4 heteroatoms. The number of hydrogen-bond donors (Lipinski definition) is 1. The quantitative estimate of drug-likeness (QED) is 0.911. The van der Waals surface area contributed by atoms with Crippen LogP contribution in [0.4, 0.5) is 0 Å². The Labute approximate surface area is 122 Å². The highest BCUT2D eigenvalue weighted by Gasteiger charge is 2.43. The molecule has 104 valence electrons. The summed E-state index contributed by atoms with van der Waals surface area (Å²) in [6.45, 7) is 1.97. The van der Waals surface area contributed by atoms with Crippen molar-refractivity contribution in [2.24, 2.45) is 0 Å². The average molecular weight is 327 g/mol. The third-order valence-electron chi connectivity index (χ3n) is 4.04. The topological polar surface area (TPSA) is 46.5 Å². The van der Waals surface area contributed by atoms with Gasteiger partial charge < -0.3 is 9.84 Å². The Hall–Kier alpha value is -1.03. The van der Waals surface area contributed by atoms with Gasteiger partial charge in [-0.05, 0) is 52.9 Å². The summed E-state index contributed by atoms with van der Waals surface area (Å²) in [5.74, 6) is -0.0123. The van der Waals surface area contributed by atoms with E-state index in [-0.39, 0.29) is 0 Å². The van der Waals surface area contributed by atoms with Crippen molar-refractivity contribution >= 4 is 21.9 Å². The number of ether oxygens (including phenoxy) is 1. The Morgan fingerprint density at radius 3 is 2.47 bits per heavy atom. The Morgan fingerprint density at radius 1 is 1.32 bits per heavy atom. The molecule has 1 saturated carbocycles. The Balaban J connectivity index is 2.59. The normalized spacial score (nSPS) is 18.1. The zero-order valence-corrected chi connectivity index (χ0v) is 12.9. The minimum atomic E-state index is -0.767. The summed E-state index contributed by atoms with van der Waals surface area (Å²) in [4.78, 5) is 11.9. The van der Waals surface area contributed by atoms with Gasteiger partial charge in [-0.15, -0.1) is 0 Å². The molecule has 0 atom stereocenters. The smallest absolute Gasteiger partial charge is 0.314 e. The Bertz CT molecular complexity index is 490. The number of rotatable bonds is 3. The molecule has 0 amide bonds. The first kappa shape index (κ1) is 14.4. The number of hydrogen-bond acceptors (Lipinski definition) is 2. The van der Waals surface area contributed by atoms with Gasteiger partial charge in [0.2, 0.25) is 0 Å². The summed E-state index contributed by atoms with van der Waals surface area (Å²) in [5, 5.41) is 9.76. The van der Waals surface area contributed by atoms with Crippen molar-refractivity contribution < 1.29 is 14.6 Å². The average Bonchev–Trinajstić information content (AvgIpc) is 2.41. The first-order valence-electron chi connectivity index (χ1n) is 6.59. The number of carboxylic acid groups (broad SMARTS) is 1. The van der Waals surface area contributed by atoms with E-state index in [9.17, 15) is 9.90 Å². The number of aliphatic carboxylic acids is 1. The summed E-state index contributed by atoms with van der Waals surface area (Å²) in [5.41, 5.74) is 1.12. The molecule has 1 aliphatic rings. The number of carboxylic acids is 1. The molecule has 0 spiro atoms. The molecule has 1 N–H and O–H groups in total. The van der Waals surface area contributed by atoms with E-state index in [0.717, 1.165) is 34.9 Å². The maximum absolute atomic E-state index is 11.9. The second kappa shape index (κ2) is 5.53. The molecule has 19 heavy (non-hydrogen) atoms. The largest absolute Gasteiger partial charge is 0.496 e. The molecule has 3 nitrogen and oxygen atoms in total. The fourth-order valence-corrected chi connectivity index (χ4v) is 3.76. The van der Waals surface area contributed by atoms with Crippen LogP contribution in [0.1, 0.15) is 43.2 Å². The highest BCUT2D eigenvalue weighted by molar-refractivity contribution is 9.10. The van der Waals surface area contributed by atoms with Crippen LogP contribution >= 0.6 is 15.9 Å². The number of halogens is 1. The Morgan fingerprint density at radius 2 is 1.95 bits per heavy atom. The van der Waals surface area contributed by atoms with Gasteiger partial charge in [-0.25, -0.2) is 0 Å². The van der Waals surface area contributed by atoms with E-state index in [2.05, 4.69) is 15.9 Å². The fraction of sp³-hybridized carbons (Fsp3) is 0.533. The van der Waals surface area contributed by atoms with Crippen LogP contribution in [0, 0.1) is 6.92 Å².